The van der Waals surface area contributed by atoms with E-state index in [9.17, 15) is 0 Å². The second-order valence-electron chi connectivity index (χ2n) is 4.88. The van der Waals surface area contributed by atoms with Gasteiger partial charge in [-0.1, -0.05) is 46.3 Å². The summed E-state index contributed by atoms with van der Waals surface area (Å²) in [6.07, 6.45) is 0. The van der Waals surface area contributed by atoms with E-state index >= 15 is 0 Å². The molecule has 2 aromatic carbocycles. The Bertz CT molecular complexity index is 601. The van der Waals surface area contributed by atoms with Crippen LogP contribution in [0.4, 0.5) is 0 Å². The number of para-hydroxylation sites is 1. The fraction of sp³-hybridized carbons (Fsp3) is 0.294. The molecule has 3 nitrogen and oxygen atoms in total. The summed E-state index contributed by atoms with van der Waals surface area (Å²) in [7, 11) is 1.66. The minimum Gasteiger partial charge on any atom is -0.491 e. The van der Waals surface area contributed by atoms with E-state index < -0.39 is 0 Å². The van der Waals surface area contributed by atoms with Crippen LogP contribution in [0, 0.1) is 6.92 Å². The summed E-state index contributed by atoms with van der Waals surface area (Å²) in [6, 6.07) is 13.8. The quantitative estimate of drug-likeness (QED) is 0.806. The summed E-state index contributed by atoms with van der Waals surface area (Å²) >= 11 is 3.59. The standard InChI is InChI=1S/C17H20BrNO2/c1-12-7-8-13(15(18)11-12)17(19)14-5-3-4-6-16(14)21-10-9-20-2/h3-8,11,17H,9-10,19H2,1-2H3. The number of nitrogens with two attached hydrogens (primary N) is 1. The third-order valence-electron chi connectivity index (χ3n) is 3.29. The Morgan fingerprint density at radius 3 is 2.57 bits per heavy atom. The minimum atomic E-state index is -0.237. The van der Waals surface area contributed by atoms with Gasteiger partial charge in [0.05, 0.1) is 12.6 Å². The molecule has 1 atom stereocenters. The van der Waals surface area contributed by atoms with Gasteiger partial charge >= 0.3 is 0 Å². The van der Waals surface area contributed by atoms with E-state index in [1.807, 2.05) is 24.3 Å². The van der Waals surface area contributed by atoms with Crippen LogP contribution < -0.4 is 10.5 Å². The first-order valence-corrected chi connectivity index (χ1v) is 7.65. The zero-order valence-corrected chi connectivity index (χ0v) is 13.9. The normalized spacial score (nSPS) is 12.2. The first-order chi connectivity index (χ1) is 10.1. The molecule has 2 aromatic rings. The maximum atomic E-state index is 6.43. The van der Waals surface area contributed by atoms with E-state index in [-0.39, 0.29) is 6.04 Å². The molecule has 0 aliphatic heterocycles. The lowest BCUT2D eigenvalue weighted by atomic mass is 9.98. The molecule has 4 heteroatoms. The highest BCUT2D eigenvalue weighted by molar-refractivity contribution is 9.10. The number of benzene rings is 2. The zero-order chi connectivity index (χ0) is 15.2. The van der Waals surface area contributed by atoms with Crippen LogP contribution in [0.2, 0.25) is 0 Å². The predicted octanol–water partition coefficient (Wildman–Crippen LogP) is 3.83. The van der Waals surface area contributed by atoms with Gasteiger partial charge in [-0.05, 0) is 30.2 Å². The molecule has 0 saturated carbocycles. The van der Waals surface area contributed by atoms with Crippen molar-refractivity contribution in [1.29, 1.82) is 0 Å². The molecule has 0 aromatic heterocycles. The Kier molecular flexibility index (Phi) is 5.79. The van der Waals surface area contributed by atoms with Crippen LogP contribution in [0.15, 0.2) is 46.9 Å². The maximum Gasteiger partial charge on any atom is 0.124 e. The molecular weight excluding hydrogens is 330 g/mol. The predicted molar refractivity (Wildman–Crippen MR) is 88.7 cm³/mol. The second-order valence-corrected chi connectivity index (χ2v) is 5.74. The van der Waals surface area contributed by atoms with E-state index in [2.05, 4.69) is 41.1 Å². The molecule has 2 rings (SSSR count). The molecule has 2 N–H and O–H groups in total. The summed E-state index contributed by atoms with van der Waals surface area (Å²) in [5, 5.41) is 0. The van der Waals surface area contributed by atoms with Crippen molar-refractivity contribution in [3.8, 4) is 5.75 Å². The largest absolute Gasteiger partial charge is 0.491 e. The number of methoxy groups -OCH3 is 1. The molecule has 0 aliphatic rings. The summed E-state index contributed by atoms with van der Waals surface area (Å²) in [5.41, 5.74) is 9.64. The lowest BCUT2D eigenvalue weighted by molar-refractivity contribution is 0.145. The van der Waals surface area contributed by atoms with Gasteiger partial charge < -0.3 is 15.2 Å². The molecule has 0 bridgehead atoms. The van der Waals surface area contributed by atoms with Crippen LogP contribution in [0.3, 0.4) is 0 Å². The smallest absolute Gasteiger partial charge is 0.124 e. The Morgan fingerprint density at radius 1 is 1.10 bits per heavy atom. The average Bonchev–Trinajstić information content (AvgIpc) is 2.47. The average molecular weight is 350 g/mol. The topological polar surface area (TPSA) is 44.5 Å². The van der Waals surface area contributed by atoms with Gasteiger partial charge in [0.2, 0.25) is 0 Å². The second kappa shape index (κ2) is 7.59. The third-order valence-corrected chi connectivity index (χ3v) is 3.98. The molecule has 0 aliphatic carbocycles. The number of halogens is 1. The highest BCUT2D eigenvalue weighted by Crippen LogP contribution is 2.32. The molecule has 0 spiro atoms. The van der Waals surface area contributed by atoms with Crippen molar-refractivity contribution < 1.29 is 9.47 Å². The van der Waals surface area contributed by atoms with Crippen LogP contribution in [-0.2, 0) is 4.74 Å². The van der Waals surface area contributed by atoms with Gasteiger partial charge in [-0.25, -0.2) is 0 Å². The molecular formula is C17H20BrNO2. The Morgan fingerprint density at radius 2 is 1.86 bits per heavy atom. The van der Waals surface area contributed by atoms with Crippen molar-refractivity contribution in [2.24, 2.45) is 5.73 Å². The van der Waals surface area contributed by atoms with Crippen LogP contribution >= 0.6 is 15.9 Å². The highest BCUT2D eigenvalue weighted by Gasteiger charge is 2.16. The lowest BCUT2D eigenvalue weighted by Crippen LogP contribution is -2.15. The molecule has 21 heavy (non-hydrogen) atoms. The fourth-order valence-corrected chi connectivity index (χ4v) is 2.90. The number of ether oxygens (including phenoxy) is 2. The molecule has 0 saturated heterocycles. The van der Waals surface area contributed by atoms with Crippen molar-refractivity contribution in [3.63, 3.8) is 0 Å². The minimum absolute atomic E-state index is 0.237. The number of hydrogen-bond donors (Lipinski definition) is 1. The number of rotatable bonds is 6. The van der Waals surface area contributed by atoms with Crippen molar-refractivity contribution >= 4 is 15.9 Å². The van der Waals surface area contributed by atoms with Crippen LogP contribution in [0.25, 0.3) is 0 Å². The summed E-state index contributed by atoms with van der Waals surface area (Å²) in [6.45, 7) is 3.12. The van der Waals surface area contributed by atoms with Crippen LogP contribution in [0.5, 0.6) is 5.75 Å². The van der Waals surface area contributed by atoms with E-state index in [4.69, 9.17) is 15.2 Å². The summed E-state index contributed by atoms with van der Waals surface area (Å²) < 4.78 is 11.8. The highest BCUT2D eigenvalue weighted by atomic mass is 79.9. The van der Waals surface area contributed by atoms with Gasteiger partial charge in [0.1, 0.15) is 12.4 Å². The van der Waals surface area contributed by atoms with Crippen molar-refractivity contribution in [3.05, 3.63) is 63.6 Å². The van der Waals surface area contributed by atoms with Gasteiger partial charge in [-0.3, -0.25) is 0 Å². The zero-order valence-electron chi connectivity index (χ0n) is 12.3. The molecule has 0 amide bonds. The van der Waals surface area contributed by atoms with Gasteiger partial charge in [0.15, 0.2) is 0 Å². The van der Waals surface area contributed by atoms with Gasteiger partial charge in [-0.2, -0.15) is 0 Å². The molecule has 112 valence electrons. The first kappa shape index (κ1) is 16.0. The maximum absolute atomic E-state index is 6.43. The van der Waals surface area contributed by atoms with E-state index in [0.717, 1.165) is 21.3 Å². The summed E-state index contributed by atoms with van der Waals surface area (Å²) in [4.78, 5) is 0. The summed E-state index contributed by atoms with van der Waals surface area (Å²) in [5.74, 6) is 0.800. The number of aryl methyl sites for hydroxylation is 1. The van der Waals surface area contributed by atoms with Crippen molar-refractivity contribution in [2.75, 3.05) is 20.3 Å². The van der Waals surface area contributed by atoms with Gasteiger partial charge in [-0.15, -0.1) is 0 Å². The molecule has 0 radical (unpaired) electrons. The Labute approximate surface area is 134 Å². The fourth-order valence-electron chi connectivity index (χ4n) is 2.16. The number of hydrogen-bond acceptors (Lipinski definition) is 3. The van der Waals surface area contributed by atoms with Crippen molar-refractivity contribution in [1.82, 2.24) is 0 Å². The van der Waals surface area contributed by atoms with E-state index in [1.54, 1.807) is 7.11 Å². The Balaban J connectivity index is 2.27. The van der Waals surface area contributed by atoms with Crippen LogP contribution in [-0.4, -0.2) is 20.3 Å². The SMILES string of the molecule is COCCOc1ccccc1C(N)c1ccc(C)cc1Br. The Hall–Kier alpha value is -1.36. The van der Waals surface area contributed by atoms with E-state index in [0.29, 0.717) is 13.2 Å². The molecule has 1 unspecified atom stereocenters. The molecule has 0 heterocycles. The van der Waals surface area contributed by atoms with E-state index in [1.165, 1.54) is 5.56 Å². The van der Waals surface area contributed by atoms with Gasteiger partial charge in [0, 0.05) is 17.1 Å². The first-order valence-electron chi connectivity index (χ1n) is 6.85. The monoisotopic (exact) mass is 349 g/mol. The van der Waals surface area contributed by atoms with Crippen molar-refractivity contribution in [2.45, 2.75) is 13.0 Å². The van der Waals surface area contributed by atoms with Crippen LogP contribution in [0.1, 0.15) is 22.7 Å². The van der Waals surface area contributed by atoms with Gasteiger partial charge in [0.25, 0.3) is 0 Å². The molecule has 0 fully saturated rings. The third kappa shape index (κ3) is 4.06. The lowest BCUT2D eigenvalue weighted by Gasteiger charge is -2.18.